The van der Waals surface area contributed by atoms with Gasteiger partial charge in [-0.3, -0.25) is 0 Å². The van der Waals surface area contributed by atoms with Gasteiger partial charge >= 0.3 is 0 Å². The first-order valence-corrected chi connectivity index (χ1v) is 6.74. The van der Waals surface area contributed by atoms with Crippen molar-refractivity contribution in [2.75, 3.05) is 6.61 Å². The summed E-state index contributed by atoms with van der Waals surface area (Å²) in [6, 6.07) is 12.4. The smallest absolute Gasteiger partial charge is 0.152 e. The van der Waals surface area contributed by atoms with Crippen LogP contribution in [0.25, 0.3) is 22.0 Å². The van der Waals surface area contributed by atoms with Gasteiger partial charge in [0.1, 0.15) is 5.75 Å². The van der Waals surface area contributed by atoms with Gasteiger partial charge in [0, 0.05) is 16.3 Å². The molecular weight excluding hydrogens is 242 g/mol. The van der Waals surface area contributed by atoms with E-state index in [1.165, 1.54) is 16.7 Å². The van der Waals surface area contributed by atoms with Crippen molar-refractivity contribution in [3.63, 3.8) is 0 Å². The van der Waals surface area contributed by atoms with Gasteiger partial charge in [-0.05, 0) is 24.4 Å². The molecule has 0 saturated carbocycles. The van der Waals surface area contributed by atoms with E-state index in [2.05, 4.69) is 34.8 Å². The Bertz CT molecular complexity index is 661. The summed E-state index contributed by atoms with van der Waals surface area (Å²) in [6.07, 6.45) is 0. The van der Waals surface area contributed by atoms with Crippen LogP contribution in [0.1, 0.15) is 6.92 Å². The highest BCUT2D eigenvalue weighted by atomic mass is 32.1. The van der Waals surface area contributed by atoms with Crippen molar-refractivity contribution in [2.45, 2.75) is 6.92 Å². The summed E-state index contributed by atoms with van der Waals surface area (Å²) >= 11 is 1.48. The van der Waals surface area contributed by atoms with Gasteiger partial charge in [0.05, 0.1) is 12.3 Å². The standard InChI is InChI=1S/C15H12NOS/c1-2-17-15-8-12(14-9-18-10-16-14)7-11-5-3-4-6-13(11)15/h3-9H,2H2,1H3. The van der Waals surface area contributed by atoms with Crippen LogP contribution in [0.15, 0.2) is 41.8 Å². The van der Waals surface area contributed by atoms with E-state index in [9.17, 15) is 0 Å². The minimum Gasteiger partial charge on any atom is -0.493 e. The molecule has 0 amide bonds. The molecule has 0 aliphatic heterocycles. The van der Waals surface area contributed by atoms with Gasteiger partial charge in [0.25, 0.3) is 0 Å². The van der Waals surface area contributed by atoms with Gasteiger partial charge in [-0.1, -0.05) is 24.3 Å². The Labute approximate surface area is 110 Å². The van der Waals surface area contributed by atoms with E-state index in [-0.39, 0.29) is 0 Å². The highest BCUT2D eigenvalue weighted by Gasteiger charge is 2.07. The molecule has 3 heteroatoms. The average molecular weight is 254 g/mol. The number of thiazole rings is 1. The third-order valence-electron chi connectivity index (χ3n) is 2.81. The lowest BCUT2D eigenvalue weighted by Crippen LogP contribution is -1.93. The summed E-state index contributed by atoms with van der Waals surface area (Å²) in [5.74, 6) is 0.915. The molecule has 0 N–H and O–H groups in total. The van der Waals surface area contributed by atoms with E-state index in [1.54, 1.807) is 0 Å². The molecule has 1 aromatic heterocycles. The number of aromatic nitrogens is 1. The molecule has 1 radical (unpaired) electrons. The van der Waals surface area contributed by atoms with Crippen LogP contribution >= 0.6 is 11.3 Å². The molecule has 0 atom stereocenters. The molecule has 2 nitrogen and oxygen atoms in total. The van der Waals surface area contributed by atoms with Crippen LogP contribution in [0.5, 0.6) is 5.75 Å². The molecule has 0 bridgehead atoms. The predicted molar refractivity (Wildman–Crippen MR) is 75.1 cm³/mol. The van der Waals surface area contributed by atoms with Gasteiger partial charge in [-0.15, -0.1) is 11.3 Å². The molecule has 18 heavy (non-hydrogen) atoms. The molecule has 0 aliphatic carbocycles. The zero-order chi connectivity index (χ0) is 12.4. The summed E-state index contributed by atoms with van der Waals surface area (Å²) in [5.41, 5.74) is 4.91. The largest absolute Gasteiger partial charge is 0.493 e. The molecule has 0 saturated heterocycles. The van der Waals surface area contributed by atoms with Crippen molar-refractivity contribution in [3.8, 4) is 17.0 Å². The quantitative estimate of drug-likeness (QED) is 0.700. The molecule has 0 unspecified atom stereocenters. The lowest BCUT2D eigenvalue weighted by Gasteiger charge is -2.09. The molecule has 1 heterocycles. The maximum absolute atomic E-state index is 5.72. The minimum absolute atomic E-state index is 0.663. The number of fused-ring (bicyclic) bond motifs is 1. The van der Waals surface area contributed by atoms with Crippen LogP contribution in [0.2, 0.25) is 0 Å². The van der Waals surface area contributed by atoms with Crippen molar-refractivity contribution in [1.29, 1.82) is 0 Å². The van der Waals surface area contributed by atoms with E-state index in [0.717, 1.165) is 22.4 Å². The zero-order valence-corrected chi connectivity index (χ0v) is 10.8. The molecule has 0 aliphatic rings. The third-order valence-corrected chi connectivity index (χ3v) is 3.35. The topological polar surface area (TPSA) is 22.1 Å². The second kappa shape index (κ2) is 4.78. The molecule has 2 aromatic carbocycles. The van der Waals surface area contributed by atoms with E-state index >= 15 is 0 Å². The Kier molecular flexibility index (Phi) is 2.99. The van der Waals surface area contributed by atoms with Gasteiger partial charge < -0.3 is 4.74 Å². The lowest BCUT2D eigenvalue weighted by atomic mass is 10.0. The average Bonchev–Trinajstić information content (AvgIpc) is 2.93. The monoisotopic (exact) mass is 254 g/mol. The number of ether oxygens (including phenoxy) is 1. The summed E-state index contributed by atoms with van der Waals surface area (Å²) in [6.45, 7) is 2.66. The number of hydrogen-bond donors (Lipinski definition) is 0. The van der Waals surface area contributed by atoms with Crippen molar-refractivity contribution >= 4 is 22.1 Å². The summed E-state index contributed by atoms with van der Waals surface area (Å²) in [4.78, 5) is 4.23. The Morgan fingerprint density at radius 3 is 2.94 bits per heavy atom. The van der Waals surface area contributed by atoms with E-state index < -0.39 is 0 Å². The fourth-order valence-corrected chi connectivity index (χ4v) is 2.52. The Hall–Kier alpha value is -1.87. The fraction of sp³-hybridized carbons (Fsp3) is 0.133. The molecular formula is C15H12NOS. The SMILES string of the molecule is CCOc1cc(-c2cs[c]n2)cc2ccccc12. The van der Waals surface area contributed by atoms with Crippen LogP contribution in [0, 0.1) is 5.51 Å². The van der Waals surface area contributed by atoms with Crippen LogP contribution in [0.3, 0.4) is 0 Å². The maximum Gasteiger partial charge on any atom is 0.152 e. The first kappa shape index (κ1) is 11.2. The van der Waals surface area contributed by atoms with Crippen molar-refractivity contribution in [3.05, 3.63) is 47.3 Å². The van der Waals surface area contributed by atoms with E-state index in [0.29, 0.717) is 6.61 Å². The van der Waals surface area contributed by atoms with Crippen molar-refractivity contribution in [2.24, 2.45) is 0 Å². The van der Waals surface area contributed by atoms with Gasteiger partial charge in [0.2, 0.25) is 0 Å². The Balaban J connectivity index is 2.23. The Morgan fingerprint density at radius 2 is 2.17 bits per heavy atom. The predicted octanol–water partition coefficient (Wildman–Crippen LogP) is 4.16. The van der Waals surface area contributed by atoms with Crippen LogP contribution < -0.4 is 4.74 Å². The first-order chi connectivity index (χ1) is 8.88. The fourth-order valence-electron chi connectivity index (χ4n) is 2.01. The molecule has 3 rings (SSSR count). The molecule has 0 fully saturated rings. The van der Waals surface area contributed by atoms with Crippen molar-refractivity contribution in [1.82, 2.24) is 4.98 Å². The highest BCUT2D eigenvalue weighted by molar-refractivity contribution is 7.07. The number of hydrogen-bond acceptors (Lipinski definition) is 3. The minimum atomic E-state index is 0.663. The Morgan fingerprint density at radius 1 is 1.28 bits per heavy atom. The zero-order valence-electron chi connectivity index (χ0n) is 10.0. The molecule has 0 spiro atoms. The molecule has 89 valence electrons. The van der Waals surface area contributed by atoms with E-state index in [1.807, 2.05) is 24.4 Å². The van der Waals surface area contributed by atoms with Crippen LogP contribution in [-0.2, 0) is 0 Å². The normalized spacial score (nSPS) is 10.7. The van der Waals surface area contributed by atoms with Crippen molar-refractivity contribution < 1.29 is 4.74 Å². The second-order valence-corrected chi connectivity index (χ2v) is 4.61. The third kappa shape index (κ3) is 1.97. The van der Waals surface area contributed by atoms with Crippen LogP contribution in [-0.4, -0.2) is 11.6 Å². The van der Waals surface area contributed by atoms with E-state index in [4.69, 9.17) is 4.74 Å². The summed E-state index contributed by atoms with van der Waals surface area (Å²) < 4.78 is 5.72. The lowest BCUT2D eigenvalue weighted by molar-refractivity contribution is 0.344. The summed E-state index contributed by atoms with van der Waals surface area (Å²) in [7, 11) is 0. The van der Waals surface area contributed by atoms with Crippen LogP contribution in [0.4, 0.5) is 0 Å². The second-order valence-electron chi connectivity index (χ2n) is 3.95. The number of nitrogens with zero attached hydrogens (tertiary/aromatic N) is 1. The number of benzene rings is 2. The van der Waals surface area contributed by atoms with Gasteiger partial charge in [-0.2, -0.15) is 0 Å². The molecule has 3 aromatic rings. The van der Waals surface area contributed by atoms with Gasteiger partial charge in [0.15, 0.2) is 5.51 Å². The summed E-state index contributed by atoms with van der Waals surface area (Å²) in [5, 5.41) is 4.31. The maximum atomic E-state index is 5.72. The first-order valence-electron chi connectivity index (χ1n) is 5.86. The van der Waals surface area contributed by atoms with Gasteiger partial charge in [-0.25, -0.2) is 4.98 Å². The number of rotatable bonds is 3. The highest BCUT2D eigenvalue weighted by Crippen LogP contribution is 2.32.